The zero-order valence-electron chi connectivity index (χ0n) is 12.8. The molecular weight excluding hydrogens is 306 g/mol. The molecule has 2 amide bonds. The summed E-state index contributed by atoms with van der Waals surface area (Å²) in [4.78, 5) is 16.8. The Labute approximate surface area is 139 Å². The van der Waals surface area contributed by atoms with E-state index in [1.54, 1.807) is 0 Å². The first-order valence-corrected chi connectivity index (χ1v) is 9.28. The molecular formula is C18H19N3OS. The predicted octanol–water partition coefficient (Wildman–Crippen LogP) is 3.87. The predicted molar refractivity (Wildman–Crippen MR) is 91.0 cm³/mol. The van der Waals surface area contributed by atoms with Crippen LogP contribution in [0.5, 0.6) is 0 Å². The average Bonchev–Trinajstić information content (AvgIpc) is 3.47. The summed E-state index contributed by atoms with van der Waals surface area (Å²) in [6.07, 6.45) is 4.71. The van der Waals surface area contributed by atoms with E-state index in [1.807, 2.05) is 5.51 Å². The number of amides is 2. The van der Waals surface area contributed by atoms with E-state index < -0.39 is 0 Å². The van der Waals surface area contributed by atoms with Crippen LogP contribution >= 0.6 is 11.3 Å². The van der Waals surface area contributed by atoms with E-state index in [9.17, 15) is 4.79 Å². The number of aromatic nitrogens is 1. The van der Waals surface area contributed by atoms with Crippen molar-refractivity contribution in [3.05, 3.63) is 46.6 Å². The SMILES string of the molecule is O=C(Nc1scnc1C1CC1)NC1C2CCc3ccccc3C21. The first-order valence-electron chi connectivity index (χ1n) is 8.40. The minimum Gasteiger partial charge on any atom is -0.334 e. The lowest BCUT2D eigenvalue weighted by atomic mass is 9.92. The average molecular weight is 325 g/mol. The number of nitrogens with one attached hydrogen (secondary N) is 2. The smallest absolute Gasteiger partial charge is 0.320 e. The molecule has 2 fully saturated rings. The minimum atomic E-state index is -0.0759. The molecule has 2 saturated carbocycles. The van der Waals surface area contributed by atoms with E-state index in [0.29, 0.717) is 17.8 Å². The summed E-state index contributed by atoms with van der Waals surface area (Å²) in [6, 6.07) is 8.87. The highest BCUT2D eigenvalue weighted by Gasteiger charge is 2.53. The van der Waals surface area contributed by atoms with Crippen molar-refractivity contribution in [1.29, 1.82) is 0 Å². The number of hydrogen-bond acceptors (Lipinski definition) is 3. The number of nitrogens with zero attached hydrogens (tertiary/aromatic N) is 1. The van der Waals surface area contributed by atoms with Gasteiger partial charge in [-0.2, -0.15) is 0 Å². The monoisotopic (exact) mass is 325 g/mol. The Balaban J connectivity index is 1.27. The minimum absolute atomic E-state index is 0.0759. The van der Waals surface area contributed by atoms with Crippen molar-refractivity contribution in [2.45, 2.75) is 43.6 Å². The fourth-order valence-corrected chi connectivity index (χ4v) is 4.81. The lowest BCUT2D eigenvalue weighted by Gasteiger charge is -2.13. The van der Waals surface area contributed by atoms with Gasteiger partial charge in [-0.3, -0.25) is 5.32 Å². The second-order valence-electron chi connectivity index (χ2n) is 6.89. The molecule has 1 aromatic heterocycles. The highest BCUT2D eigenvalue weighted by molar-refractivity contribution is 7.14. The number of carbonyl (C=O) groups is 1. The van der Waals surface area contributed by atoms with Crippen LogP contribution in [0.1, 0.15) is 47.9 Å². The number of benzene rings is 1. The summed E-state index contributed by atoms with van der Waals surface area (Å²) in [5.41, 5.74) is 5.79. The molecule has 118 valence electrons. The first kappa shape index (κ1) is 13.5. The van der Waals surface area contributed by atoms with Gasteiger partial charge < -0.3 is 5.32 Å². The normalized spacial score (nSPS) is 27.7. The van der Waals surface area contributed by atoms with Crippen molar-refractivity contribution in [2.24, 2.45) is 5.92 Å². The Kier molecular flexibility index (Phi) is 2.98. The summed E-state index contributed by atoms with van der Waals surface area (Å²) in [5.74, 6) is 1.68. The third-order valence-corrected chi connectivity index (χ3v) is 6.17. The molecule has 0 bridgehead atoms. The summed E-state index contributed by atoms with van der Waals surface area (Å²) >= 11 is 1.52. The Hall–Kier alpha value is -1.88. The van der Waals surface area contributed by atoms with Crippen LogP contribution in [-0.4, -0.2) is 17.1 Å². The topological polar surface area (TPSA) is 54.0 Å². The van der Waals surface area contributed by atoms with Crippen LogP contribution in [0.4, 0.5) is 9.80 Å². The fourth-order valence-electron chi connectivity index (χ4n) is 4.05. The highest BCUT2D eigenvalue weighted by Crippen LogP contribution is 2.54. The maximum atomic E-state index is 12.4. The Morgan fingerprint density at radius 2 is 2.09 bits per heavy atom. The molecule has 1 heterocycles. The molecule has 3 aliphatic rings. The van der Waals surface area contributed by atoms with Crippen LogP contribution in [0, 0.1) is 5.92 Å². The molecule has 2 aromatic rings. The Bertz CT molecular complexity index is 767. The van der Waals surface area contributed by atoms with Gasteiger partial charge in [0, 0.05) is 17.9 Å². The Morgan fingerprint density at radius 1 is 1.22 bits per heavy atom. The molecule has 5 heteroatoms. The summed E-state index contributed by atoms with van der Waals surface area (Å²) < 4.78 is 0. The second-order valence-corrected chi connectivity index (χ2v) is 7.75. The number of aryl methyl sites for hydroxylation is 1. The number of urea groups is 1. The largest absolute Gasteiger partial charge is 0.334 e. The number of thiazole rings is 1. The molecule has 0 radical (unpaired) electrons. The highest BCUT2D eigenvalue weighted by atomic mass is 32.1. The quantitative estimate of drug-likeness (QED) is 0.900. The van der Waals surface area contributed by atoms with Crippen molar-refractivity contribution >= 4 is 22.4 Å². The van der Waals surface area contributed by atoms with Gasteiger partial charge in [0.1, 0.15) is 5.00 Å². The third-order valence-electron chi connectivity index (χ3n) is 5.41. The zero-order valence-corrected chi connectivity index (χ0v) is 13.6. The lowest BCUT2D eigenvalue weighted by Crippen LogP contribution is -2.32. The second kappa shape index (κ2) is 5.06. The molecule has 5 rings (SSSR count). The maximum absolute atomic E-state index is 12.4. The van der Waals surface area contributed by atoms with Crippen molar-refractivity contribution in [1.82, 2.24) is 10.3 Å². The van der Waals surface area contributed by atoms with E-state index >= 15 is 0 Å². The van der Waals surface area contributed by atoms with Crippen LogP contribution in [0.3, 0.4) is 0 Å². The van der Waals surface area contributed by atoms with Gasteiger partial charge in [0.2, 0.25) is 0 Å². The van der Waals surface area contributed by atoms with E-state index in [-0.39, 0.29) is 12.1 Å². The van der Waals surface area contributed by atoms with Crippen LogP contribution in [0.25, 0.3) is 0 Å². The Morgan fingerprint density at radius 3 is 2.96 bits per heavy atom. The van der Waals surface area contributed by atoms with Gasteiger partial charge in [0.05, 0.1) is 11.2 Å². The number of fused-ring (bicyclic) bond motifs is 3. The van der Waals surface area contributed by atoms with E-state index in [0.717, 1.165) is 17.1 Å². The molecule has 4 nitrogen and oxygen atoms in total. The van der Waals surface area contributed by atoms with Crippen LogP contribution in [-0.2, 0) is 6.42 Å². The number of carbonyl (C=O) groups excluding carboxylic acids is 1. The van der Waals surface area contributed by atoms with Crippen molar-refractivity contribution in [3.8, 4) is 0 Å². The van der Waals surface area contributed by atoms with Crippen molar-refractivity contribution in [3.63, 3.8) is 0 Å². The van der Waals surface area contributed by atoms with Gasteiger partial charge >= 0.3 is 6.03 Å². The third kappa shape index (κ3) is 2.34. The maximum Gasteiger partial charge on any atom is 0.320 e. The molecule has 23 heavy (non-hydrogen) atoms. The molecule has 2 N–H and O–H groups in total. The van der Waals surface area contributed by atoms with E-state index in [4.69, 9.17) is 0 Å². The van der Waals surface area contributed by atoms with E-state index in [1.165, 1.54) is 41.7 Å². The summed E-state index contributed by atoms with van der Waals surface area (Å²) in [7, 11) is 0. The molecule has 3 atom stereocenters. The lowest BCUT2D eigenvalue weighted by molar-refractivity contribution is 0.251. The number of rotatable bonds is 3. The van der Waals surface area contributed by atoms with Crippen molar-refractivity contribution in [2.75, 3.05) is 5.32 Å². The molecule has 0 aliphatic heterocycles. The number of anilines is 1. The first-order chi connectivity index (χ1) is 11.3. The summed E-state index contributed by atoms with van der Waals surface area (Å²) in [5, 5.41) is 7.14. The van der Waals surface area contributed by atoms with Crippen LogP contribution in [0.2, 0.25) is 0 Å². The molecule has 1 aromatic carbocycles. The molecule has 0 saturated heterocycles. The molecule has 3 aliphatic carbocycles. The fraction of sp³-hybridized carbons (Fsp3) is 0.444. The van der Waals surface area contributed by atoms with Gasteiger partial charge in [-0.1, -0.05) is 24.3 Å². The zero-order chi connectivity index (χ0) is 15.4. The van der Waals surface area contributed by atoms with Gasteiger partial charge in [0.15, 0.2) is 0 Å². The standard InChI is InChI=1S/C18H19N3OS/c22-18(21-17-15(11-5-6-11)19-9-23-17)20-16-13-8-7-10-3-1-2-4-12(10)14(13)16/h1-4,9,11,13-14,16H,5-8H2,(H2,20,21,22). The van der Waals surface area contributed by atoms with Gasteiger partial charge in [-0.25, -0.2) is 9.78 Å². The van der Waals surface area contributed by atoms with Gasteiger partial charge in [0.25, 0.3) is 0 Å². The molecule has 0 spiro atoms. The van der Waals surface area contributed by atoms with Gasteiger partial charge in [-0.15, -0.1) is 11.3 Å². The van der Waals surface area contributed by atoms with E-state index in [2.05, 4.69) is 39.9 Å². The molecule has 3 unspecified atom stereocenters. The van der Waals surface area contributed by atoms with Crippen molar-refractivity contribution < 1.29 is 4.79 Å². The van der Waals surface area contributed by atoms with Crippen LogP contribution < -0.4 is 10.6 Å². The van der Waals surface area contributed by atoms with Gasteiger partial charge in [-0.05, 0) is 42.7 Å². The van der Waals surface area contributed by atoms with Crippen LogP contribution in [0.15, 0.2) is 29.8 Å². The number of hydrogen-bond donors (Lipinski definition) is 2. The summed E-state index contributed by atoms with van der Waals surface area (Å²) in [6.45, 7) is 0.